The zero-order valence-corrected chi connectivity index (χ0v) is 15.4. The number of hydrogen-bond acceptors (Lipinski definition) is 4. The van der Waals surface area contributed by atoms with E-state index in [4.69, 9.17) is 0 Å². The van der Waals surface area contributed by atoms with E-state index >= 15 is 0 Å². The topological polar surface area (TPSA) is 49.3 Å². The number of rotatable bonds is 5. The van der Waals surface area contributed by atoms with E-state index in [-0.39, 0.29) is 5.41 Å². The Kier molecular flexibility index (Phi) is 4.72. The molecular formula is C21H26N4O. The first-order valence-corrected chi connectivity index (χ1v) is 9.54. The lowest BCUT2D eigenvalue weighted by atomic mass is 9.85. The Hall–Kier alpha value is -2.27. The fourth-order valence-electron chi connectivity index (χ4n) is 4.19. The van der Waals surface area contributed by atoms with Crippen molar-refractivity contribution in [3.05, 3.63) is 59.7 Å². The highest BCUT2D eigenvalue weighted by atomic mass is 16.2. The Morgan fingerprint density at radius 2 is 1.88 bits per heavy atom. The summed E-state index contributed by atoms with van der Waals surface area (Å²) in [5, 5.41) is 0. The predicted octanol–water partition coefficient (Wildman–Crippen LogP) is 2.66. The van der Waals surface area contributed by atoms with Crippen molar-refractivity contribution in [2.75, 3.05) is 19.6 Å². The Bertz CT molecular complexity index is 761. The summed E-state index contributed by atoms with van der Waals surface area (Å²) in [6, 6.07) is 10.2. The quantitative estimate of drug-likeness (QED) is 0.832. The molecule has 2 fully saturated rings. The average Bonchev–Trinajstić information content (AvgIpc) is 3.22. The zero-order valence-electron chi connectivity index (χ0n) is 15.4. The van der Waals surface area contributed by atoms with Gasteiger partial charge in [0.05, 0.1) is 23.3 Å². The summed E-state index contributed by atoms with van der Waals surface area (Å²) in [7, 11) is 0. The molecule has 5 heteroatoms. The molecule has 4 rings (SSSR count). The van der Waals surface area contributed by atoms with Crippen molar-refractivity contribution < 1.29 is 4.79 Å². The molecule has 0 aliphatic carbocycles. The van der Waals surface area contributed by atoms with Gasteiger partial charge in [-0.15, -0.1) is 0 Å². The standard InChI is InChI=1S/C21H26N4O/c1-2-17-6-7-19(23-13-17)14-24-11-8-21(16-24)9-12-25(20(21)26)15-18-5-3-4-10-22-18/h3-7,10,13H,2,8-9,11-12,14-16H2,1H3. The van der Waals surface area contributed by atoms with Crippen molar-refractivity contribution in [2.45, 2.75) is 39.3 Å². The van der Waals surface area contributed by atoms with Crippen LogP contribution in [-0.4, -0.2) is 45.3 Å². The summed E-state index contributed by atoms with van der Waals surface area (Å²) in [5.41, 5.74) is 3.13. The normalized spacial score (nSPS) is 23.3. The minimum Gasteiger partial charge on any atom is -0.336 e. The van der Waals surface area contributed by atoms with Gasteiger partial charge in [0.25, 0.3) is 0 Å². The first-order valence-electron chi connectivity index (χ1n) is 9.54. The average molecular weight is 350 g/mol. The van der Waals surface area contributed by atoms with Gasteiger partial charge in [0, 0.05) is 32.0 Å². The predicted molar refractivity (Wildman–Crippen MR) is 100 cm³/mol. The van der Waals surface area contributed by atoms with Crippen molar-refractivity contribution >= 4 is 5.91 Å². The largest absolute Gasteiger partial charge is 0.336 e. The van der Waals surface area contributed by atoms with Gasteiger partial charge in [-0.05, 0) is 49.6 Å². The van der Waals surface area contributed by atoms with Gasteiger partial charge in [0.1, 0.15) is 0 Å². The van der Waals surface area contributed by atoms with E-state index in [1.807, 2.05) is 29.3 Å². The molecule has 0 N–H and O–H groups in total. The van der Waals surface area contributed by atoms with Crippen LogP contribution in [0.15, 0.2) is 42.7 Å². The lowest BCUT2D eigenvalue weighted by Crippen LogP contribution is -2.36. The fraction of sp³-hybridized carbons (Fsp3) is 0.476. The number of carbonyl (C=O) groups excluding carboxylic acids is 1. The number of pyridine rings is 2. The molecule has 2 aliphatic heterocycles. The molecule has 0 radical (unpaired) electrons. The van der Waals surface area contributed by atoms with Crippen LogP contribution in [0.1, 0.15) is 36.7 Å². The molecule has 0 bridgehead atoms. The van der Waals surface area contributed by atoms with Crippen molar-refractivity contribution in [3.63, 3.8) is 0 Å². The van der Waals surface area contributed by atoms with Gasteiger partial charge in [-0.1, -0.05) is 19.1 Å². The van der Waals surface area contributed by atoms with Crippen LogP contribution >= 0.6 is 0 Å². The van der Waals surface area contributed by atoms with Crippen LogP contribution < -0.4 is 0 Å². The second-order valence-electron chi connectivity index (χ2n) is 7.55. The number of likely N-dealkylation sites (tertiary alicyclic amines) is 2. The molecule has 1 amide bonds. The number of carbonyl (C=O) groups is 1. The summed E-state index contributed by atoms with van der Waals surface area (Å²) in [6.45, 7) is 6.26. The van der Waals surface area contributed by atoms with Crippen LogP contribution in [0.4, 0.5) is 0 Å². The van der Waals surface area contributed by atoms with Crippen LogP contribution in [0, 0.1) is 5.41 Å². The number of amides is 1. The third-order valence-corrected chi connectivity index (χ3v) is 5.79. The maximum Gasteiger partial charge on any atom is 0.230 e. The minimum absolute atomic E-state index is 0.196. The highest BCUT2D eigenvalue weighted by Crippen LogP contribution is 2.41. The van der Waals surface area contributed by atoms with Crippen LogP contribution in [0.3, 0.4) is 0 Å². The molecule has 2 aromatic heterocycles. The highest BCUT2D eigenvalue weighted by molar-refractivity contribution is 5.85. The van der Waals surface area contributed by atoms with E-state index in [9.17, 15) is 4.79 Å². The third kappa shape index (κ3) is 3.36. The number of nitrogens with zero attached hydrogens (tertiary/aromatic N) is 4. The van der Waals surface area contributed by atoms with Gasteiger partial charge >= 0.3 is 0 Å². The van der Waals surface area contributed by atoms with Gasteiger partial charge in [-0.25, -0.2) is 0 Å². The lowest BCUT2D eigenvalue weighted by Gasteiger charge is -2.23. The molecule has 26 heavy (non-hydrogen) atoms. The summed E-state index contributed by atoms with van der Waals surface area (Å²) in [5.74, 6) is 0.306. The molecule has 1 unspecified atom stereocenters. The Balaban J connectivity index is 1.38. The van der Waals surface area contributed by atoms with Crippen molar-refractivity contribution in [1.82, 2.24) is 19.8 Å². The van der Waals surface area contributed by atoms with E-state index < -0.39 is 0 Å². The van der Waals surface area contributed by atoms with E-state index in [0.717, 1.165) is 56.8 Å². The van der Waals surface area contributed by atoms with Crippen LogP contribution in [0.5, 0.6) is 0 Å². The molecule has 0 aromatic carbocycles. The van der Waals surface area contributed by atoms with Gasteiger partial charge < -0.3 is 4.90 Å². The summed E-state index contributed by atoms with van der Waals surface area (Å²) in [4.78, 5) is 26.4. The lowest BCUT2D eigenvalue weighted by molar-refractivity contribution is -0.136. The molecule has 0 saturated carbocycles. The Morgan fingerprint density at radius 3 is 2.62 bits per heavy atom. The maximum atomic E-state index is 13.1. The van der Waals surface area contributed by atoms with Gasteiger partial charge in [-0.2, -0.15) is 0 Å². The molecule has 4 heterocycles. The summed E-state index contributed by atoms with van der Waals surface area (Å²) in [6.07, 6.45) is 6.69. The molecule has 1 spiro atoms. The molecule has 2 saturated heterocycles. The molecular weight excluding hydrogens is 324 g/mol. The summed E-state index contributed by atoms with van der Waals surface area (Å²) >= 11 is 0. The van der Waals surface area contributed by atoms with E-state index in [2.05, 4.69) is 33.9 Å². The SMILES string of the molecule is CCc1ccc(CN2CCC3(CCN(Cc4ccccn4)C3=O)C2)nc1. The van der Waals surface area contributed by atoms with Crippen molar-refractivity contribution in [1.29, 1.82) is 0 Å². The van der Waals surface area contributed by atoms with Crippen LogP contribution in [0.2, 0.25) is 0 Å². The molecule has 1 atom stereocenters. The van der Waals surface area contributed by atoms with Crippen molar-refractivity contribution in [3.8, 4) is 0 Å². The monoisotopic (exact) mass is 350 g/mol. The first-order chi connectivity index (χ1) is 12.7. The minimum atomic E-state index is -0.196. The second-order valence-corrected chi connectivity index (χ2v) is 7.55. The van der Waals surface area contributed by atoms with Crippen molar-refractivity contribution in [2.24, 2.45) is 5.41 Å². The molecule has 2 aromatic rings. The molecule has 136 valence electrons. The molecule has 5 nitrogen and oxygen atoms in total. The number of hydrogen-bond donors (Lipinski definition) is 0. The smallest absolute Gasteiger partial charge is 0.230 e. The van der Waals surface area contributed by atoms with Gasteiger partial charge in [-0.3, -0.25) is 19.7 Å². The Morgan fingerprint density at radius 1 is 1.04 bits per heavy atom. The number of aryl methyl sites for hydroxylation is 1. The number of aromatic nitrogens is 2. The highest BCUT2D eigenvalue weighted by Gasteiger charge is 2.50. The zero-order chi connectivity index (χ0) is 18.0. The fourth-order valence-corrected chi connectivity index (χ4v) is 4.19. The maximum absolute atomic E-state index is 13.1. The van der Waals surface area contributed by atoms with E-state index in [0.29, 0.717) is 12.5 Å². The third-order valence-electron chi connectivity index (χ3n) is 5.79. The first kappa shape index (κ1) is 17.2. The van der Waals surface area contributed by atoms with Gasteiger partial charge in [0.2, 0.25) is 5.91 Å². The van der Waals surface area contributed by atoms with Crippen LogP contribution in [-0.2, 0) is 24.3 Å². The Labute approximate surface area is 155 Å². The van der Waals surface area contributed by atoms with Gasteiger partial charge in [0.15, 0.2) is 0 Å². The van der Waals surface area contributed by atoms with Crippen LogP contribution in [0.25, 0.3) is 0 Å². The van der Waals surface area contributed by atoms with E-state index in [1.54, 1.807) is 6.20 Å². The molecule has 2 aliphatic rings. The van der Waals surface area contributed by atoms with E-state index in [1.165, 1.54) is 5.56 Å². The summed E-state index contributed by atoms with van der Waals surface area (Å²) < 4.78 is 0. The second kappa shape index (κ2) is 7.16.